The highest BCUT2D eigenvalue weighted by Crippen LogP contribution is 2.30. The number of hydrogen-bond donors (Lipinski definition) is 3. The minimum atomic E-state index is -5.03. The average molecular weight is 388 g/mol. The van der Waals surface area contributed by atoms with E-state index >= 15 is 0 Å². The maximum absolute atomic E-state index is 14.0. The van der Waals surface area contributed by atoms with Gasteiger partial charge in [0, 0.05) is 6.07 Å². The highest BCUT2D eigenvalue weighted by molar-refractivity contribution is 5.92. The fourth-order valence-corrected chi connectivity index (χ4v) is 2.36. The normalized spacial score (nSPS) is 12.7. The van der Waals surface area contributed by atoms with Gasteiger partial charge in [0.25, 0.3) is 11.5 Å². The third-order valence-electron chi connectivity index (χ3n) is 3.49. The molecule has 0 aliphatic carbocycles. The van der Waals surface area contributed by atoms with Crippen LogP contribution in [-0.4, -0.2) is 22.2 Å². The number of benzene rings is 1. The van der Waals surface area contributed by atoms with E-state index in [1.54, 1.807) is 13.8 Å². The molecule has 4 N–H and O–H groups in total. The molecule has 0 saturated heterocycles. The number of halogens is 4. The van der Waals surface area contributed by atoms with Gasteiger partial charge < -0.3 is 15.8 Å². The molecule has 11 heteroatoms. The number of H-pyrrole nitrogens is 1. The summed E-state index contributed by atoms with van der Waals surface area (Å²) in [5, 5.41) is 2.56. The van der Waals surface area contributed by atoms with Crippen molar-refractivity contribution in [1.82, 2.24) is 15.3 Å². The number of ether oxygens (including phenoxy) is 1. The van der Waals surface area contributed by atoms with E-state index in [0.29, 0.717) is 0 Å². The van der Waals surface area contributed by atoms with Crippen LogP contribution in [0.25, 0.3) is 0 Å². The Morgan fingerprint density at radius 1 is 1.30 bits per heavy atom. The van der Waals surface area contributed by atoms with Crippen LogP contribution in [0.3, 0.4) is 0 Å². The summed E-state index contributed by atoms with van der Waals surface area (Å²) >= 11 is 0. The minimum absolute atomic E-state index is 0.211. The summed E-state index contributed by atoms with van der Waals surface area (Å²) in [7, 11) is 0. The number of nitrogens with one attached hydrogen (secondary N) is 2. The lowest BCUT2D eigenvalue weighted by atomic mass is 9.95. The molecule has 0 saturated carbocycles. The lowest BCUT2D eigenvalue weighted by Crippen LogP contribution is -2.33. The fraction of sp³-hybridized carbons (Fsp3) is 0.312. The van der Waals surface area contributed by atoms with E-state index in [1.807, 2.05) is 0 Å². The van der Waals surface area contributed by atoms with Gasteiger partial charge in [-0.05, 0) is 23.6 Å². The predicted octanol–water partition coefficient (Wildman–Crippen LogP) is 2.52. The van der Waals surface area contributed by atoms with Crippen molar-refractivity contribution in [2.75, 3.05) is 5.73 Å². The van der Waals surface area contributed by atoms with Crippen molar-refractivity contribution >= 4 is 11.9 Å². The maximum Gasteiger partial charge on any atom is 0.573 e. The molecule has 1 atom stereocenters. The number of aromatic nitrogens is 2. The molecule has 0 fully saturated rings. The average Bonchev–Trinajstić information content (AvgIpc) is 2.52. The predicted molar refractivity (Wildman–Crippen MR) is 87.4 cm³/mol. The van der Waals surface area contributed by atoms with Gasteiger partial charge in [-0.3, -0.25) is 14.6 Å². The van der Waals surface area contributed by atoms with Gasteiger partial charge in [-0.2, -0.15) is 0 Å². The van der Waals surface area contributed by atoms with Gasteiger partial charge in [-0.1, -0.05) is 19.9 Å². The second-order valence-electron chi connectivity index (χ2n) is 5.95. The van der Waals surface area contributed by atoms with Crippen molar-refractivity contribution in [3.8, 4) is 5.75 Å². The number of rotatable bonds is 5. The number of carbonyl (C=O) groups excluding carboxylic acids is 1. The second kappa shape index (κ2) is 7.64. The number of nitrogen functional groups attached to an aromatic ring is 1. The molecule has 7 nitrogen and oxygen atoms in total. The zero-order valence-electron chi connectivity index (χ0n) is 14.2. The molecular formula is C16H16F4N4O3. The molecular weight excluding hydrogens is 372 g/mol. The van der Waals surface area contributed by atoms with Crippen LogP contribution < -0.4 is 21.3 Å². The molecule has 2 rings (SSSR count). The number of nitrogens with two attached hydrogens (primary N) is 1. The molecule has 1 heterocycles. The smallest absolute Gasteiger partial charge is 0.403 e. The second-order valence-corrected chi connectivity index (χ2v) is 5.95. The number of amides is 1. The zero-order chi connectivity index (χ0) is 20.4. The number of nitrogens with zero attached hydrogens (tertiary/aromatic N) is 1. The first-order valence-corrected chi connectivity index (χ1v) is 7.69. The van der Waals surface area contributed by atoms with Crippen LogP contribution >= 0.6 is 0 Å². The molecule has 1 unspecified atom stereocenters. The van der Waals surface area contributed by atoms with E-state index in [0.717, 1.165) is 18.2 Å². The first kappa shape index (κ1) is 20.2. The fourth-order valence-electron chi connectivity index (χ4n) is 2.36. The van der Waals surface area contributed by atoms with Crippen LogP contribution in [0.15, 0.2) is 29.1 Å². The molecule has 0 aliphatic heterocycles. The van der Waals surface area contributed by atoms with E-state index < -0.39 is 35.4 Å². The van der Waals surface area contributed by atoms with E-state index in [9.17, 15) is 27.2 Å². The Hall–Kier alpha value is -3.11. The molecule has 0 radical (unpaired) electrons. The summed E-state index contributed by atoms with van der Waals surface area (Å²) in [5.74, 6) is -3.48. The first-order valence-electron chi connectivity index (χ1n) is 7.69. The molecule has 146 valence electrons. The number of alkyl halides is 3. The number of aromatic amines is 1. The third kappa shape index (κ3) is 5.43. The van der Waals surface area contributed by atoms with Crippen molar-refractivity contribution in [1.29, 1.82) is 0 Å². The Bertz CT molecular complexity index is 896. The van der Waals surface area contributed by atoms with Crippen LogP contribution in [0.5, 0.6) is 5.75 Å². The Morgan fingerprint density at radius 2 is 1.96 bits per heavy atom. The number of carbonyl (C=O) groups is 1. The van der Waals surface area contributed by atoms with E-state index in [1.165, 1.54) is 6.07 Å². The van der Waals surface area contributed by atoms with Crippen molar-refractivity contribution in [3.63, 3.8) is 0 Å². The highest BCUT2D eigenvalue weighted by Gasteiger charge is 2.32. The van der Waals surface area contributed by atoms with Crippen molar-refractivity contribution in [2.24, 2.45) is 5.92 Å². The van der Waals surface area contributed by atoms with Gasteiger partial charge in [-0.25, -0.2) is 9.37 Å². The van der Waals surface area contributed by atoms with Gasteiger partial charge in [0.15, 0.2) is 11.6 Å². The van der Waals surface area contributed by atoms with Crippen molar-refractivity contribution in [3.05, 3.63) is 51.7 Å². The SMILES string of the molecule is CC(C)C(NC(=O)c1cc(=O)[nH]c(N)n1)c1ccc(OC(F)(F)F)c(F)c1. The number of anilines is 1. The van der Waals surface area contributed by atoms with Crippen LogP contribution in [0.1, 0.15) is 35.9 Å². The Kier molecular flexibility index (Phi) is 5.72. The quantitative estimate of drug-likeness (QED) is 0.682. The van der Waals surface area contributed by atoms with Crippen LogP contribution in [0, 0.1) is 11.7 Å². The molecule has 1 aromatic carbocycles. The summed E-state index contributed by atoms with van der Waals surface area (Å²) in [6, 6.07) is 3.03. The molecule has 1 amide bonds. The standard InChI is InChI=1S/C16H16F4N4O3/c1-7(2)13(24-14(26)10-6-12(25)23-15(21)22-10)8-3-4-11(9(17)5-8)27-16(18,19)20/h3-7,13H,1-2H3,(H,24,26)(H3,21,22,23,25). The van der Waals surface area contributed by atoms with Gasteiger partial charge in [0.05, 0.1) is 6.04 Å². The maximum atomic E-state index is 14.0. The van der Waals surface area contributed by atoms with Crippen LogP contribution in [0.4, 0.5) is 23.5 Å². The summed E-state index contributed by atoms with van der Waals surface area (Å²) in [4.78, 5) is 29.6. The Labute approximate surface area is 150 Å². The summed E-state index contributed by atoms with van der Waals surface area (Å²) in [6.07, 6.45) is -5.03. The lowest BCUT2D eigenvalue weighted by Gasteiger charge is -2.23. The van der Waals surface area contributed by atoms with Gasteiger partial charge in [0.1, 0.15) is 5.69 Å². The molecule has 1 aromatic heterocycles. The summed E-state index contributed by atoms with van der Waals surface area (Å²) in [5.41, 5.74) is 4.71. The molecule has 27 heavy (non-hydrogen) atoms. The third-order valence-corrected chi connectivity index (χ3v) is 3.49. The van der Waals surface area contributed by atoms with Crippen LogP contribution in [-0.2, 0) is 0 Å². The first-order chi connectivity index (χ1) is 12.5. The topological polar surface area (TPSA) is 110 Å². The largest absolute Gasteiger partial charge is 0.573 e. The zero-order valence-corrected chi connectivity index (χ0v) is 14.2. The van der Waals surface area contributed by atoms with E-state index in [2.05, 4.69) is 20.0 Å². The molecule has 0 spiro atoms. The van der Waals surface area contributed by atoms with E-state index in [4.69, 9.17) is 5.73 Å². The van der Waals surface area contributed by atoms with Crippen molar-refractivity contribution in [2.45, 2.75) is 26.3 Å². The number of hydrogen-bond acceptors (Lipinski definition) is 5. The van der Waals surface area contributed by atoms with Gasteiger partial charge in [-0.15, -0.1) is 13.2 Å². The van der Waals surface area contributed by atoms with Gasteiger partial charge >= 0.3 is 6.36 Å². The Morgan fingerprint density at radius 3 is 2.48 bits per heavy atom. The lowest BCUT2D eigenvalue weighted by molar-refractivity contribution is -0.275. The summed E-state index contributed by atoms with van der Waals surface area (Å²) < 4.78 is 54.3. The molecule has 2 aromatic rings. The minimum Gasteiger partial charge on any atom is -0.403 e. The molecule has 0 aliphatic rings. The van der Waals surface area contributed by atoms with E-state index in [-0.39, 0.29) is 23.1 Å². The van der Waals surface area contributed by atoms with Gasteiger partial charge in [0.2, 0.25) is 5.95 Å². The van der Waals surface area contributed by atoms with Crippen LogP contribution in [0.2, 0.25) is 0 Å². The molecule has 0 bridgehead atoms. The monoisotopic (exact) mass is 388 g/mol. The summed E-state index contributed by atoms with van der Waals surface area (Å²) in [6.45, 7) is 3.42. The highest BCUT2D eigenvalue weighted by atomic mass is 19.4. The van der Waals surface area contributed by atoms with Crippen molar-refractivity contribution < 1.29 is 27.1 Å². The Balaban J connectivity index is 2.28.